The van der Waals surface area contributed by atoms with Crippen molar-refractivity contribution in [1.29, 1.82) is 0 Å². The summed E-state index contributed by atoms with van der Waals surface area (Å²) < 4.78 is 2.62. The fraction of sp³-hybridized carbons (Fsp3) is 0.100. The van der Waals surface area contributed by atoms with Gasteiger partial charge in [-0.2, -0.15) is 4.98 Å². The summed E-state index contributed by atoms with van der Waals surface area (Å²) in [4.78, 5) is 23.3. The number of aromatic nitrogens is 4. The van der Waals surface area contributed by atoms with Gasteiger partial charge in [-0.05, 0) is 68.4 Å². The molecule has 4 aromatic rings. The molecule has 0 radical (unpaired) electrons. The average molecular weight is 454 g/mol. The van der Waals surface area contributed by atoms with E-state index in [9.17, 15) is 4.79 Å². The fourth-order valence-electron chi connectivity index (χ4n) is 2.69. The minimum absolute atomic E-state index is 0.0921. The number of hydrogen-bond donors (Lipinski definition) is 1. The summed E-state index contributed by atoms with van der Waals surface area (Å²) in [6, 6.07) is 17.7. The van der Waals surface area contributed by atoms with E-state index in [4.69, 9.17) is 0 Å². The van der Waals surface area contributed by atoms with E-state index >= 15 is 0 Å². The first-order valence-corrected chi connectivity index (χ1v) is 10.1. The first-order chi connectivity index (χ1) is 13.5. The van der Waals surface area contributed by atoms with Crippen LogP contribution in [0, 0.1) is 13.8 Å². The summed E-state index contributed by atoms with van der Waals surface area (Å²) in [5, 5.41) is 7.08. The number of benzene rings is 2. The van der Waals surface area contributed by atoms with E-state index in [0.717, 1.165) is 25.7 Å². The summed E-state index contributed by atoms with van der Waals surface area (Å²) in [6.07, 6.45) is 0. The number of carbonyl (C=O) groups excluding carboxylic acids is 1. The van der Waals surface area contributed by atoms with Crippen LogP contribution in [-0.4, -0.2) is 25.5 Å². The van der Waals surface area contributed by atoms with Gasteiger partial charge in [0.1, 0.15) is 0 Å². The summed E-state index contributed by atoms with van der Waals surface area (Å²) in [7, 11) is 0. The third-order valence-corrected chi connectivity index (χ3v) is 5.53. The molecular weight excluding hydrogens is 438 g/mol. The van der Waals surface area contributed by atoms with Crippen LogP contribution >= 0.6 is 27.7 Å². The monoisotopic (exact) mass is 453 g/mol. The Kier molecular flexibility index (Phi) is 5.15. The maximum Gasteiger partial charge on any atom is 0.295 e. The van der Waals surface area contributed by atoms with Crippen LogP contribution in [0.25, 0.3) is 5.78 Å². The van der Waals surface area contributed by atoms with Crippen molar-refractivity contribution in [2.24, 2.45) is 0 Å². The lowest BCUT2D eigenvalue weighted by Crippen LogP contribution is -2.14. The molecule has 0 aliphatic rings. The molecule has 0 saturated heterocycles. The number of carbonyl (C=O) groups is 1. The first kappa shape index (κ1) is 18.6. The Labute approximate surface area is 174 Å². The molecule has 4 rings (SSSR count). The molecule has 0 aliphatic heterocycles. The van der Waals surface area contributed by atoms with Crippen molar-refractivity contribution in [3.05, 3.63) is 76.3 Å². The molecule has 1 N–H and O–H groups in total. The van der Waals surface area contributed by atoms with E-state index in [1.54, 1.807) is 16.3 Å². The van der Waals surface area contributed by atoms with Gasteiger partial charge in [-0.3, -0.25) is 4.79 Å². The van der Waals surface area contributed by atoms with Crippen LogP contribution in [0.2, 0.25) is 0 Å². The molecule has 2 aromatic heterocycles. The largest absolute Gasteiger partial charge is 0.319 e. The van der Waals surface area contributed by atoms with E-state index in [2.05, 4.69) is 48.4 Å². The van der Waals surface area contributed by atoms with Gasteiger partial charge in [0.15, 0.2) is 0 Å². The lowest BCUT2D eigenvalue weighted by atomic mass is 10.3. The van der Waals surface area contributed by atoms with Gasteiger partial charge < -0.3 is 5.32 Å². The maximum atomic E-state index is 12.5. The van der Waals surface area contributed by atoms with Crippen molar-refractivity contribution in [3.63, 3.8) is 0 Å². The number of nitrogens with zero attached hydrogens (tertiary/aromatic N) is 4. The molecule has 0 saturated carbocycles. The third kappa shape index (κ3) is 4.07. The minimum atomic E-state index is -0.365. The molecule has 2 aromatic carbocycles. The SMILES string of the molecule is Cc1cc(C)n2nc(C(=O)Nc3ccc(Sc4ccc(Br)cc4)cc3)nc2n1. The number of hydrogen-bond acceptors (Lipinski definition) is 5. The standard InChI is InChI=1S/C20H16BrN5OS/c1-12-11-13(2)26-20(22-12)24-18(25-26)19(27)23-15-5-9-17(10-6-15)28-16-7-3-14(21)4-8-16/h3-11H,1-2H3,(H,23,27). The Morgan fingerprint density at radius 2 is 1.64 bits per heavy atom. The molecule has 2 heterocycles. The van der Waals surface area contributed by atoms with Crippen LogP contribution in [0.5, 0.6) is 0 Å². The molecule has 28 heavy (non-hydrogen) atoms. The highest BCUT2D eigenvalue weighted by molar-refractivity contribution is 9.10. The number of aryl methyl sites for hydroxylation is 2. The van der Waals surface area contributed by atoms with Gasteiger partial charge in [-0.25, -0.2) is 9.50 Å². The smallest absolute Gasteiger partial charge is 0.295 e. The topological polar surface area (TPSA) is 72.2 Å². The van der Waals surface area contributed by atoms with E-state index < -0.39 is 0 Å². The summed E-state index contributed by atoms with van der Waals surface area (Å²) in [5.41, 5.74) is 2.40. The zero-order chi connectivity index (χ0) is 19.7. The number of nitrogens with one attached hydrogen (secondary N) is 1. The Balaban J connectivity index is 1.47. The van der Waals surface area contributed by atoms with Crippen molar-refractivity contribution in [2.45, 2.75) is 23.6 Å². The molecule has 0 aliphatic carbocycles. The molecule has 0 unspecified atom stereocenters. The van der Waals surface area contributed by atoms with Gasteiger partial charge in [0.05, 0.1) is 0 Å². The van der Waals surface area contributed by atoms with E-state index in [1.165, 1.54) is 0 Å². The molecule has 8 heteroatoms. The van der Waals surface area contributed by atoms with Crippen molar-refractivity contribution in [1.82, 2.24) is 19.6 Å². The molecule has 0 atom stereocenters. The molecule has 140 valence electrons. The van der Waals surface area contributed by atoms with Gasteiger partial charge in [-0.1, -0.05) is 27.7 Å². The normalized spacial score (nSPS) is 11.0. The molecule has 1 amide bonds. The molecule has 0 fully saturated rings. The van der Waals surface area contributed by atoms with Crippen molar-refractivity contribution in [2.75, 3.05) is 5.32 Å². The van der Waals surface area contributed by atoms with Crippen molar-refractivity contribution >= 4 is 45.1 Å². The Morgan fingerprint density at radius 3 is 2.32 bits per heavy atom. The number of fused-ring (bicyclic) bond motifs is 1. The van der Waals surface area contributed by atoms with Crippen LogP contribution in [0.3, 0.4) is 0 Å². The summed E-state index contributed by atoms with van der Waals surface area (Å²) >= 11 is 5.09. The number of rotatable bonds is 4. The highest BCUT2D eigenvalue weighted by Gasteiger charge is 2.15. The van der Waals surface area contributed by atoms with Gasteiger partial charge >= 0.3 is 0 Å². The van der Waals surface area contributed by atoms with E-state index in [1.807, 2.05) is 56.3 Å². The average Bonchev–Trinajstić information content (AvgIpc) is 3.10. The van der Waals surface area contributed by atoms with Crippen molar-refractivity contribution in [3.8, 4) is 0 Å². The molecule has 0 spiro atoms. The minimum Gasteiger partial charge on any atom is -0.319 e. The van der Waals surface area contributed by atoms with Gasteiger partial charge in [0.2, 0.25) is 5.82 Å². The number of amides is 1. The fourth-order valence-corrected chi connectivity index (χ4v) is 3.78. The Morgan fingerprint density at radius 1 is 1.00 bits per heavy atom. The zero-order valence-corrected chi connectivity index (χ0v) is 17.6. The first-order valence-electron chi connectivity index (χ1n) is 8.54. The van der Waals surface area contributed by atoms with E-state index in [0.29, 0.717) is 11.5 Å². The maximum absolute atomic E-state index is 12.5. The highest BCUT2D eigenvalue weighted by atomic mass is 79.9. The van der Waals surface area contributed by atoms with Gasteiger partial charge in [0.25, 0.3) is 11.7 Å². The predicted octanol–water partition coefficient (Wildman–Crippen LogP) is 4.91. The Bertz CT molecular complexity index is 1160. The molecular formula is C20H16BrN5OS. The van der Waals surface area contributed by atoms with Crippen molar-refractivity contribution < 1.29 is 4.79 Å². The van der Waals surface area contributed by atoms with Gasteiger partial charge in [-0.15, -0.1) is 5.10 Å². The van der Waals surface area contributed by atoms with Crippen LogP contribution < -0.4 is 5.32 Å². The number of halogens is 1. The summed E-state index contributed by atoms with van der Waals surface area (Å²) in [5.74, 6) is 0.147. The van der Waals surface area contributed by atoms with Crippen LogP contribution in [0.1, 0.15) is 22.0 Å². The third-order valence-electron chi connectivity index (χ3n) is 3.98. The second-order valence-electron chi connectivity index (χ2n) is 6.22. The second kappa shape index (κ2) is 7.73. The Hall–Kier alpha value is -2.71. The van der Waals surface area contributed by atoms with Crippen LogP contribution in [-0.2, 0) is 0 Å². The van der Waals surface area contributed by atoms with Crippen LogP contribution in [0.15, 0.2) is 68.9 Å². The summed E-state index contributed by atoms with van der Waals surface area (Å²) in [6.45, 7) is 3.79. The lowest BCUT2D eigenvalue weighted by Gasteiger charge is -2.05. The predicted molar refractivity (Wildman–Crippen MR) is 113 cm³/mol. The lowest BCUT2D eigenvalue weighted by molar-refractivity contribution is 0.101. The number of anilines is 1. The molecule has 0 bridgehead atoms. The highest BCUT2D eigenvalue weighted by Crippen LogP contribution is 2.29. The van der Waals surface area contributed by atoms with Gasteiger partial charge in [0, 0.05) is 31.3 Å². The zero-order valence-electron chi connectivity index (χ0n) is 15.2. The second-order valence-corrected chi connectivity index (χ2v) is 8.28. The van der Waals surface area contributed by atoms with Crippen LogP contribution in [0.4, 0.5) is 5.69 Å². The van der Waals surface area contributed by atoms with E-state index in [-0.39, 0.29) is 11.7 Å². The quantitative estimate of drug-likeness (QED) is 0.475. The molecule has 6 nitrogen and oxygen atoms in total.